The summed E-state index contributed by atoms with van der Waals surface area (Å²) in [5.74, 6) is 1.89. The highest BCUT2D eigenvalue weighted by Crippen LogP contribution is 2.32. The van der Waals surface area contributed by atoms with Gasteiger partial charge in [0, 0.05) is 35.5 Å². The molecule has 0 spiro atoms. The third-order valence-electron chi connectivity index (χ3n) is 6.55. The van der Waals surface area contributed by atoms with E-state index in [1.54, 1.807) is 43.1 Å². The van der Waals surface area contributed by atoms with Crippen LogP contribution >= 0.6 is 12.4 Å². The van der Waals surface area contributed by atoms with Crippen molar-refractivity contribution in [2.24, 2.45) is 0 Å². The summed E-state index contributed by atoms with van der Waals surface area (Å²) >= 11 is 0. The summed E-state index contributed by atoms with van der Waals surface area (Å²) in [4.78, 5) is 18.5. The normalized spacial score (nSPS) is 13.6. The van der Waals surface area contributed by atoms with E-state index in [1.165, 1.54) is 0 Å². The zero-order valence-electron chi connectivity index (χ0n) is 21.7. The van der Waals surface area contributed by atoms with Gasteiger partial charge in [-0.1, -0.05) is 0 Å². The monoisotopic (exact) mass is 537 g/mol. The Morgan fingerprint density at radius 2 is 1.79 bits per heavy atom. The molecule has 1 fully saturated rings. The number of carbonyl (C=O) groups excluding carboxylic acids is 1. The zero-order chi connectivity index (χ0) is 25.8. The Hall–Kier alpha value is -3.82. The first-order valence-electron chi connectivity index (χ1n) is 12.5. The van der Waals surface area contributed by atoms with Gasteiger partial charge < -0.3 is 24.8 Å². The van der Waals surface area contributed by atoms with Crippen molar-refractivity contribution < 1.29 is 19.0 Å². The Morgan fingerprint density at radius 3 is 2.47 bits per heavy atom. The molecule has 0 saturated carbocycles. The topological polar surface area (TPSA) is 99.0 Å². The quantitative estimate of drug-likeness (QED) is 0.328. The van der Waals surface area contributed by atoms with Crippen LogP contribution in [-0.2, 0) is 0 Å². The van der Waals surface area contributed by atoms with E-state index in [0.717, 1.165) is 48.6 Å². The Balaban J connectivity index is 0.00000336. The summed E-state index contributed by atoms with van der Waals surface area (Å²) in [5, 5.41) is 11.1. The number of fused-ring (bicyclic) bond motifs is 1. The molecular weight excluding hydrogens is 506 g/mol. The van der Waals surface area contributed by atoms with Crippen LogP contribution in [0.15, 0.2) is 54.7 Å². The largest absolute Gasteiger partial charge is 0.494 e. The highest BCUT2D eigenvalue weighted by molar-refractivity contribution is 6.05. The van der Waals surface area contributed by atoms with Crippen molar-refractivity contribution >= 4 is 29.6 Å². The predicted molar refractivity (Wildman–Crippen MR) is 149 cm³/mol. The first kappa shape index (κ1) is 27.2. The second-order valence-corrected chi connectivity index (χ2v) is 8.88. The van der Waals surface area contributed by atoms with E-state index in [2.05, 4.69) is 10.6 Å². The molecule has 0 bridgehead atoms. The molecule has 3 heterocycles. The maximum Gasteiger partial charge on any atom is 0.259 e. The van der Waals surface area contributed by atoms with Crippen LogP contribution in [0.2, 0.25) is 0 Å². The molecule has 4 aromatic rings. The van der Waals surface area contributed by atoms with Crippen molar-refractivity contribution in [2.75, 3.05) is 39.2 Å². The summed E-state index contributed by atoms with van der Waals surface area (Å²) < 4.78 is 17.9. The first-order chi connectivity index (χ1) is 18.1. The Labute approximate surface area is 227 Å². The minimum absolute atomic E-state index is 0. The number of rotatable bonds is 8. The number of carbonyl (C=O) groups is 1. The zero-order valence-corrected chi connectivity index (χ0v) is 22.5. The molecule has 1 saturated heterocycles. The van der Waals surface area contributed by atoms with Crippen LogP contribution in [0.25, 0.3) is 16.9 Å². The third kappa shape index (κ3) is 5.69. The second-order valence-electron chi connectivity index (χ2n) is 8.88. The summed E-state index contributed by atoms with van der Waals surface area (Å²) in [7, 11) is 3.14. The van der Waals surface area contributed by atoms with Gasteiger partial charge in [-0.25, -0.2) is 9.50 Å². The van der Waals surface area contributed by atoms with Crippen LogP contribution in [0.3, 0.4) is 0 Å². The number of benzene rings is 2. The number of amides is 1. The van der Waals surface area contributed by atoms with E-state index >= 15 is 0 Å². The molecule has 1 amide bonds. The number of nitrogens with one attached hydrogen (secondary N) is 2. The molecule has 0 aliphatic carbocycles. The molecule has 9 nitrogen and oxygen atoms in total. The lowest BCUT2D eigenvalue weighted by Crippen LogP contribution is -2.29. The van der Waals surface area contributed by atoms with Crippen LogP contribution in [0.4, 0.5) is 5.69 Å². The molecule has 38 heavy (non-hydrogen) atoms. The van der Waals surface area contributed by atoms with E-state index < -0.39 is 0 Å². The van der Waals surface area contributed by atoms with Gasteiger partial charge in [0.25, 0.3) is 5.91 Å². The molecule has 0 unspecified atom stereocenters. The summed E-state index contributed by atoms with van der Waals surface area (Å²) in [6.45, 7) is 4.36. The second kappa shape index (κ2) is 12.1. The molecule has 2 aromatic carbocycles. The number of methoxy groups -OCH3 is 2. The van der Waals surface area contributed by atoms with Gasteiger partial charge in [0.2, 0.25) is 0 Å². The van der Waals surface area contributed by atoms with Crippen molar-refractivity contribution in [3.8, 4) is 28.5 Å². The highest BCUT2D eigenvalue weighted by atomic mass is 35.5. The van der Waals surface area contributed by atoms with E-state index in [0.29, 0.717) is 35.0 Å². The molecule has 2 aromatic heterocycles. The van der Waals surface area contributed by atoms with Gasteiger partial charge in [-0.15, -0.1) is 12.4 Å². The number of ether oxygens (including phenoxy) is 3. The minimum Gasteiger partial charge on any atom is -0.494 e. The number of nitrogens with zero attached hydrogens (tertiary/aromatic N) is 3. The van der Waals surface area contributed by atoms with Crippen LogP contribution in [-0.4, -0.2) is 54.4 Å². The molecule has 200 valence electrons. The predicted octanol–water partition coefficient (Wildman–Crippen LogP) is 4.95. The van der Waals surface area contributed by atoms with Crippen molar-refractivity contribution in [1.82, 2.24) is 19.9 Å². The van der Waals surface area contributed by atoms with E-state index in [1.807, 2.05) is 37.3 Å². The molecule has 10 heteroatoms. The van der Waals surface area contributed by atoms with E-state index in [4.69, 9.17) is 24.3 Å². The molecule has 0 atom stereocenters. The molecule has 5 rings (SSSR count). The summed E-state index contributed by atoms with van der Waals surface area (Å²) in [5.41, 5.74) is 4.35. The number of piperidine rings is 1. The van der Waals surface area contributed by atoms with Crippen LogP contribution in [0.5, 0.6) is 17.2 Å². The van der Waals surface area contributed by atoms with Crippen molar-refractivity contribution in [3.63, 3.8) is 0 Å². The van der Waals surface area contributed by atoms with Crippen LogP contribution in [0, 0.1) is 0 Å². The average molecular weight is 538 g/mol. The molecular formula is C28H32ClN5O4. The van der Waals surface area contributed by atoms with Gasteiger partial charge in [0.1, 0.15) is 5.75 Å². The molecule has 1 aliphatic heterocycles. The number of hydrogen-bond acceptors (Lipinski definition) is 7. The standard InChI is InChI=1S/C28H31N5O4.ClH/c1-4-37-21-8-5-18(6-9-21)23-16-26-31-27(19-11-13-29-14-12-19)22(17-33(26)32-23)28(34)30-20-7-10-24(35-2)25(15-20)36-3;/h5-10,15-17,19,29H,4,11-14H2,1-3H3,(H,30,34);1H. The van der Waals surface area contributed by atoms with Crippen molar-refractivity contribution in [2.45, 2.75) is 25.7 Å². The SMILES string of the molecule is CCOc1ccc(-c2cc3nc(C4CCNCC4)c(C(=O)Nc4ccc(OC)c(OC)c4)cn3n2)cc1.Cl. The average Bonchev–Trinajstić information content (AvgIpc) is 3.36. The van der Waals surface area contributed by atoms with Gasteiger partial charge in [-0.2, -0.15) is 5.10 Å². The lowest BCUT2D eigenvalue weighted by Gasteiger charge is -2.24. The van der Waals surface area contributed by atoms with Gasteiger partial charge in [0.15, 0.2) is 17.1 Å². The molecule has 0 radical (unpaired) electrons. The van der Waals surface area contributed by atoms with Gasteiger partial charge >= 0.3 is 0 Å². The Kier molecular flexibility index (Phi) is 8.70. The number of halogens is 1. The maximum absolute atomic E-state index is 13.6. The third-order valence-corrected chi connectivity index (χ3v) is 6.55. The fourth-order valence-corrected chi connectivity index (χ4v) is 4.66. The minimum atomic E-state index is -0.242. The van der Waals surface area contributed by atoms with Gasteiger partial charge in [-0.05, 0) is 69.3 Å². The van der Waals surface area contributed by atoms with E-state index in [-0.39, 0.29) is 24.2 Å². The van der Waals surface area contributed by atoms with Crippen molar-refractivity contribution in [3.05, 3.63) is 66.0 Å². The fourth-order valence-electron chi connectivity index (χ4n) is 4.66. The van der Waals surface area contributed by atoms with Crippen molar-refractivity contribution in [1.29, 1.82) is 0 Å². The molecule has 1 aliphatic rings. The van der Waals surface area contributed by atoms with Gasteiger partial charge in [0.05, 0.1) is 37.8 Å². The van der Waals surface area contributed by atoms with Crippen LogP contribution < -0.4 is 24.8 Å². The highest BCUT2D eigenvalue weighted by Gasteiger charge is 2.25. The van der Waals surface area contributed by atoms with E-state index in [9.17, 15) is 4.79 Å². The number of aromatic nitrogens is 3. The lowest BCUT2D eigenvalue weighted by molar-refractivity contribution is 0.102. The maximum atomic E-state index is 13.6. The first-order valence-corrected chi connectivity index (χ1v) is 12.5. The van der Waals surface area contributed by atoms with Crippen LogP contribution in [0.1, 0.15) is 41.7 Å². The number of anilines is 1. The Bertz CT molecular complexity index is 1400. The number of hydrogen-bond donors (Lipinski definition) is 2. The molecule has 2 N–H and O–H groups in total. The lowest BCUT2D eigenvalue weighted by atomic mass is 9.91. The summed E-state index contributed by atoms with van der Waals surface area (Å²) in [6, 6.07) is 15.1. The van der Waals surface area contributed by atoms with Gasteiger partial charge in [-0.3, -0.25) is 4.79 Å². The fraction of sp³-hybridized carbons (Fsp3) is 0.321. The summed E-state index contributed by atoms with van der Waals surface area (Å²) in [6.07, 6.45) is 3.62. The Morgan fingerprint density at radius 1 is 1.05 bits per heavy atom. The smallest absolute Gasteiger partial charge is 0.259 e.